The van der Waals surface area contributed by atoms with E-state index in [1.165, 1.54) is 18.5 Å². The maximum absolute atomic E-state index is 12.0. The number of hydrogen-bond donors (Lipinski definition) is 2. The molecule has 0 spiro atoms. The molecule has 1 fully saturated rings. The third-order valence-corrected chi connectivity index (χ3v) is 4.70. The van der Waals surface area contributed by atoms with Gasteiger partial charge in [0.25, 0.3) is 0 Å². The molecule has 1 saturated heterocycles. The van der Waals surface area contributed by atoms with E-state index in [2.05, 4.69) is 25.6 Å². The Kier molecular flexibility index (Phi) is 4.74. The van der Waals surface area contributed by atoms with Crippen LogP contribution in [0.3, 0.4) is 0 Å². The Labute approximate surface area is 124 Å². The molecule has 1 aliphatic heterocycles. The third kappa shape index (κ3) is 3.75. The Morgan fingerprint density at radius 3 is 2.85 bits per heavy atom. The molecule has 9 heteroatoms. The molecular weight excluding hydrogens is 352 g/mol. The van der Waals surface area contributed by atoms with E-state index in [-0.39, 0.29) is 11.4 Å². The molecule has 0 aromatic carbocycles. The van der Waals surface area contributed by atoms with Crippen LogP contribution >= 0.6 is 15.9 Å². The van der Waals surface area contributed by atoms with Gasteiger partial charge in [-0.15, -0.1) is 0 Å². The molecular formula is C11H13BrN2O5S. The second kappa shape index (κ2) is 6.17. The number of sulfonamides is 1. The van der Waals surface area contributed by atoms with Crippen molar-refractivity contribution in [2.24, 2.45) is 0 Å². The van der Waals surface area contributed by atoms with Crippen molar-refractivity contribution in [1.82, 2.24) is 9.71 Å². The number of aromatic nitrogens is 1. The summed E-state index contributed by atoms with van der Waals surface area (Å²) in [6.07, 6.45) is 2.35. The summed E-state index contributed by atoms with van der Waals surface area (Å²) in [5.41, 5.74) is 0. The summed E-state index contributed by atoms with van der Waals surface area (Å²) >= 11 is 3.15. The van der Waals surface area contributed by atoms with Crippen LogP contribution in [0.5, 0.6) is 0 Å². The Hall–Kier alpha value is -1.03. The lowest BCUT2D eigenvalue weighted by Crippen LogP contribution is -2.33. The van der Waals surface area contributed by atoms with Crippen LogP contribution in [0.2, 0.25) is 0 Å². The SMILES string of the molecule is O=C(O)C1CCC(CNS(=O)(=O)c2cncc(Br)c2)O1. The number of carboxylic acid groups (broad SMARTS) is 1. The Morgan fingerprint density at radius 2 is 2.25 bits per heavy atom. The molecule has 0 amide bonds. The molecule has 2 heterocycles. The molecule has 1 aromatic heterocycles. The molecule has 0 aliphatic carbocycles. The average Bonchev–Trinajstić information content (AvgIpc) is 2.85. The number of carbonyl (C=O) groups is 1. The fraction of sp³-hybridized carbons (Fsp3) is 0.455. The van der Waals surface area contributed by atoms with Crippen molar-refractivity contribution >= 4 is 31.9 Å². The summed E-state index contributed by atoms with van der Waals surface area (Å²) in [5.74, 6) is -1.02. The zero-order valence-electron chi connectivity index (χ0n) is 10.3. The number of ether oxygens (including phenoxy) is 1. The van der Waals surface area contributed by atoms with E-state index in [4.69, 9.17) is 9.84 Å². The molecule has 2 N–H and O–H groups in total. The highest BCUT2D eigenvalue weighted by Gasteiger charge is 2.31. The van der Waals surface area contributed by atoms with Crippen LogP contribution in [0.1, 0.15) is 12.8 Å². The second-order valence-corrected chi connectivity index (χ2v) is 7.04. The van der Waals surface area contributed by atoms with Gasteiger partial charge in [0, 0.05) is 23.4 Å². The molecule has 2 rings (SSSR count). The van der Waals surface area contributed by atoms with E-state index < -0.39 is 28.2 Å². The van der Waals surface area contributed by atoms with Gasteiger partial charge in [0.1, 0.15) is 4.90 Å². The summed E-state index contributed by atoms with van der Waals surface area (Å²) < 4.78 is 32.2. The molecule has 2 atom stereocenters. The van der Waals surface area contributed by atoms with Crippen molar-refractivity contribution in [3.8, 4) is 0 Å². The summed E-state index contributed by atoms with van der Waals surface area (Å²) in [5, 5.41) is 8.79. The Morgan fingerprint density at radius 1 is 1.50 bits per heavy atom. The van der Waals surface area contributed by atoms with E-state index in [0.29, 0.717) is 17.3 Å². The summed E-state index contributed by atoms with van der Waals surface area (Å²) in [6.45, 7) is 0.0403. The smallest absolute Gasteiger partial charge is 0.332 e. The zero-order valence-corrected chi connectivity index (χ0v) is 12.7. The van der Waals surface area contributed by atoms with E-state index in [0.717, 1.165) is 0 Å². The molecule has 0 bridgehead atoms. The Balaban J connectivity index is 1.95. The van der Waals surface area contributed by atoms with Crippen molar-refractivity contribution in [3.63, 3.8) is 0 Å². The quantitative estimate of drug-likeness (QED) is 0.798. The highest BCUT2D eigenvalue weighted by atomic mass is 79.9. The lowest BCUT2D eigenvalue weighted by molar-refractivity contribution is -0.149. The molecule has 1 aliphatic rings. The second-order valence-electron chi connectivity index (χ2n) is 4.35. The van der Waals surface area contributed by atoms with Crippen molar-refractivity contribution < 1.29 is 23.1 Å². The number of carboxylic acids is 1. The van der Waals surface area contributed by atoms with Crippen molar-refractivity contribution in [2.45, 2.75) is 29.9 Å². The van der Waals surface area contributed by atoms with Gasteiger partial charge in [-0.2, -0.15) is 0 Å². The minimum absolute atomic E-state index is 0.0403. The van der Waals surface area contributed by atoms with Gasteiger partial charge in [-0.3, -0.25) is 4.98 Å². The van der Waals surface area contributed by atoms with E-state index in [1.54, 1.807) is 0 Å². The zero-order chi connectivity index (χ0) is 14.8. The molecule has 1 aromatic rings. The fourth-order valence-corrected chi connectivity index (χ4v) is 3.43. The average molecular weight is 365 g/mol. The number of rotatable bonds is 5. The standard InChI is InChI=1S/C11H13BrN2O5S/c12-7-3-9(6-13-4-7)20(17,18)14-5-8-1-2-10(19-8)11(15)16/h3-4,6,8,10,14H,1-2,5H2,(H,15,16). The number of halogens is 1. The molecule has 110 valence electrons. The van der Waals surface area contributed by atoms with Crippen LogP contribution in [0, 0.1) is 0 Å². The van der Waals surface area contributed by atoms with Gasteiger partial charge < -0.3 is 9.84 Å². The monoisotopic (exact) mass is 364 g/mol. The van der Waals surface area contributed by atoms with Crippen LogP contribution in [-0.2, 0) is 19.6 Å². The van der Waals surface area contributed by atoms with Crippen LogP contribution in [0.15, 0.2) is 27.8 Å². The minimum Gasteiger partial charge on any atom is -0.479 e. The predicted octanol–water partition coefficient (Wildman–Crippen LogP) is 0.755. The van der Waals surface area contributed by atoms with Gasteiger partial charge in [0.05, 0.1) is 6.10 Å². The first-order valence-corrected chi connectivity index (χ1v) is 8.14. The van der Waals surface area contributed by atoms with E-state index in [9.17, 15) is 13.2 Å². The lowest BCUT2D eigenvalue weighted by atomic mass is 10.2. The molecule has 0 radical (unpaired) electrons. The molecule has 7 nitrogen and oxygen atoms in total. The van der Waals surface area contributed by atoms with Crippen LogP contribution in [-0.4, -0.2) is 43.2 Å². The lowest BCUT2D eigenvalue weighted by Gasteiger charge is -2.12. The van der Waals surface area contributed by atoms with Crippen molar-refractivity contribution in [1.29, 1.82) is 0 Å². The highest BCUT2D eigenvalue weighted by molar-refractivity contribution is 9.10. The minimum atomic E-state index is -3.68. The summed E-state index contributed by atoms with van der Waals surface area (Å²) in [4.78, 5) is 14.6. The number of aliphatic carboxylic acids is 1. The fourth-order valence-electron chi connectivity index (χ4n) is 1.86. The van der Waals surface area contributed by atoms with Crippen LogP contribution < -0.4 is 4.72 Å². The molecule has 20 heavy (non-hydrogen) atoms. The summed E-state index contributed by atoms with van der Waals surface area (Å²) in [6, 6.07) is 1.44. The van der Waals surface area contributed by atoms with Gasteiger partial charge >= 0.3 is 5.97 Å². The van der Waals surface area contributed by atoms with Crippen molar-refractivity contribution in [3.05, 3.63) is 22.9 Å². The first-order valence-electron chi connectivity index (χ1n) is 5.87. The number of pyridine rings is 1. The number of hydrogen-bond acceptors (Lipinski definition) is 5. The van der Waals surface area contributed by atoms with Gasteiger partial charge in [-0.25, -0.2) is 17.9 Å². The van der Waals surface area contributed by atoms with Crippen LogP contribution in [0.25, 0.3) is 0 Å². The maximum Gasteiger partial charge on any atom is 0.332 e. The molecule has 2 unspecified atom stereocenters. The topological polar surface area (TPSA) is 106 Å². The Bertz CT molecular complexity index is 607. The molecule has 0 saturated carbocycles. The third-order valence-electron chi connectivity index (χ3n) is 2.87. The van der Waals surface area contributed by atoms with Gasteiger partial charge in [0.2, 0.25) is 10.0 Å². The van der Waals surface area contributed by atoms with Gasteiger partial charge in [0.15, 0.2) is 6.10 Å². The predicted molar refractivity (Wildman–Crippen MR) is 72.7 cm³/mol. The maximum atomic E-state index is 12.0. The van der Waals surface area contributed by atoms with Gasteiger partial charge in [-0.05, 0) is 34.8 Å². The van der Waals surface area contributed by atoms with Gasteiger partial charge in [-0.1, -0.05) is 0 Å². The largest absolute Gasteiger partial charge is 0.479 e. The first kappa shape index (κ1) is 15.4. The summed E-state index contributed by atoms with van der Waals surface area (Å²) in [7, 11) is -3.68. The highest BCUT2D eigenvalue weighted by Crippen LogP contribution is 2.20. The number of nitrogens with one attached hydrogen (secondary N) is 1. The van der Waals surface area contributed by atoms with Crippen molar-refractivity contribution in [2.75, 3.05) is 6.54 Å². The van der Waals surface area contributed by atoms with Crippen LogP contribution in [0.4, 0.5) is 0 Å². The normalized spacial score (nSPS) is 22.9. The number of nitrogens with zero attached hydrogens (tertiary/aromatic N) is 1. The van der Waals surface area contributed by atoms with E-state index >= 15 is 0 Å². The first-order chi connectivity index (χ1) is 9.38. The van der Waals surface area contributed by atoms with E-state index in [1.807, 2.05) is 0 Å².